The van der Waals surface area contributed by atoms with Gasteiger partial charge in [-0.25, -0.2) is 4.98 Å². The highest BCUT2D eigenvalue weighted by Crippen LogP contribution is 2.38. The third-order valence-electron chi connectivity index (χ3n) is 4.52. The molecule has 1 aromatic heterocycles. The van der Waals surface area contributed by atoms with E-state index < -0.39 is 0 Å². The second kappa shape index (κ2) is 11.0. The van der Waals surface area contributed by atoms with Gasteiger partial charge in [-0.1, -0.05) is 18.2 Å². The van der Waals surface area contributed by atoms with Crippen LogP contribution in [0, 0.1) is 0 Å². The van der Waals surface area contributed by atoms with Crippen molar-refractivity contribution >= 4 is 34.8 Å². The molecule has 0 saturated carbocycles. The lowest BCUT2D eigenvalue weighted by molar-refractivity contribution is -0.111. The van der Waals surface area contributed by atoms with E-state index >= 15 is 0 Å². The normalized spacial score (nSPS) is 13.3. The highest BCUT2D eigenvalue weighted by atomic mass is 35.5. The van der Waals surface area contributed by atoms with Gasteiger partial charge in [0.15, 0.2) is 0 Å². The Bertz CT molecular complexity index is 968. The lowest BCUT2D eigenvalue weighted by Gasteiger charge is -2.27. The van der Waals surface area contributed by atoms with E-state index in [0.29, 0.717) is 46.9 Å². The summed E-state index contributed by atoms with van der Waals surface area (Å²) < 4.78 is 17.2. The second-order valence-electron chi connectivity index (χ2n) is 7.26. The number of hydrogen-bond donors (Lipinski definition) is 3. The zero-order valence-corrected chi connectivity index (χ0v) is 19.0. The molecule has 2 aromatic rings. The molecule has 3 N–H and O–H groups in total. The third-order valence-corrected chi connectivity index (χ3v) is 4.78. The molecule has 11 heteroatoms. The maximum absolute atomic E-state index is 12.0. The van der Waals surface area contributed by atoms with E-state index in [1.54, 1.807) is 12.1 Å². The minimum atomic E-state index is -0.369. The smallest absolute Gasteiger partial charge is 0.247 e. The van der Waals surface area contributed by atoms with Crippen LogP contribution in [-0.2, 0) is 4.79 Å². The molecular formula is C21H27ClN6O4. The summed E-state index contributed by atoms with van der Waals surface area (Å²) in [6, 6.07) is 3.36. The van der Waals surface area contributed by atoms with Crippen LogP contribution < -0.4 is 30.2 Å². The standard InChI is InChI=1S/C21H27ClN6O4/c1-5-19(29)25-16-8-15(17(30-4)9-18(16)31-7-6-28(2)3)26-21-24-12-14(22)20(27-21)32-13-10-23-11-13/h5,8-9,12-13,23H,1,6-7,10-11H2,2-4H3,(H,25,29)(H,24,26,27). The quantitative estimate of drug-likeness (QED) is 0.433. The number of methoxy groups -OCH3 is 1. The first kappa shape index (κ1) is 23.6. The van der Waals surface area contributed by atoms with Crippen molar-refractivity contribution in [2.45, 2.75) is 6.10 Å². The first-order valence-electron chi connectivity index (χ1n) is 9.99. The predicted molar refractivity (Wildman–Crippen MR) is 123 cm³/mol. The number of likely N-dealkylation sites (N-methyl/N-ethyl adjacent to an activating group) is 1. The number of hydrogen-bond acceptors (Lipinski definition) is 9. The minimum absolute atomic E-state index is 0.0177. The largest absolute Gasteiger partial charge is 0.494 e. The van der Waals surface area contributed by atoms with E-state index in [9.17, 15) is 4.79 Å². The van der Waals surface area contributed by atoms with Gasteiger partial charge in [0.25, 0.3) is 0 Å². The maximum atomic E-state index is 12.0. The number of amides is 1. The maximum Gasteiger partial charge on any atom is 0.247 e. The van der Waals surface area contributed by atoms with Gasteiger partial charge in [0.05, 0.1) is 24.7 Å². The lowest BCUT2D eigenvalue weighted by atomic mass is 10.2. The molecular weight excluding hydrogens is 436 g/mol. The van der Waals surface area contributed by atoms with Crippen molar-refractivity contribution < 1.29 is 19.0 Å². The van der Waals surface area contributed by atoms with Crippen LogP contribution in [0.1, 0.15) is 0 Å². The van der Waals surface area contributed by atoms with Crippen LogP contribution in [0.4, 0.5) is 17.3 Å². The summed E-state index contributed by atoms with van der Waals surface area (Å²) in [5, 5.41) is 9.28. The Morgan fingerprint density at radius 3 is 2.75 bits per heavy atom. The van der Waals surface area contributed by atoms with Crippen molar-refractivity contribution in [1.82, 2.24) is 20.2 Å². The minimum Gasteiger partial charge on any atom is -0.494 e. The molecule has 1 fully saturated rings. The van der Waals surface area contributed by atoms with Crippen LogP contribution in [-0.4, -0.2) is 74.3 Å². The number of nitrogens with one attached hydrogen (secondary N) is 3. The van der Waals surface area contributed by atoms with Gasteiger partial charge in [0.1, 0.15) is 29.2 Å². The molecule has 1 aromatic carbocycles. The van der Waals surface area contributed by atoms with Crippen molar-refractivity contribution in [3.05, 3.63) is 36.0 Å². The molecule has 10 nitrogen and oxygen atoms in total. The third kappa shape index (κ3) is 6.22. The van der Waals surface area contributed by atoms with Gasteiger partial charge in [0.2, 0.25) is 17.7 Å². The lowest BCUT2D eigenvalue weighted by Crippen LogP contribution is -2.50. The van der Waals surface area contributed by atoms with Gasteiger partial charge in [-0.2, -0.15) is 4.98 Å². The van der Waals surface area contributed by atoms with Crippen molar-refractivity contribution in [1.29, 1.82) is 0 Å². The van der Waals surface area contributed by atoms with Gasteiger partial charge in [-0.15, -0.1) is 0 Å². The Morgan fingerprint density at radius 1 is 1.34 bits per heavy atom. The van der Waals surface area contributed by atoms with E-state index in [0.717, 1.165) is 13.1 Å². The van der Waals surface area contributed by atoms with Crippen molar-refractivity contribution in [2.75, 3.05) is 58.1 Å². The Balaban J connectivity index is 1.87. The highest BCUT2D eigenvalue weighted by Gasteiger charge is 2.21. The molecule has 0 atom stereocenters. The van der Waals surface area contributed by atoms with Gasteiger partial charge in [-0.3, -0.25) is 4.79 Å². The fraction of sp³-hybridized carbons (Fsp3) is 0.381. The number of ether oxygens (including phenoxy) is 3. The second-order valence-corrected chi connectivity index (χ2v) is 7.67. The average molecular weight is 463 g/mol. The van der Waals surface area contributed by atoms with Crippen LogP contribution in [0.3, 0.4) is 0 Å². The number of anilines is 3. The molecule has 32 heavy (non-hydrogen) atoms. The summed E-state index contributed by atoms with van der Waals surface area (Å²) in [4.78, 5) is 22.5. The van der Waals surface area contributed by atoms with Gasteiger partial charge in [0, 0.05) is 25.7 Å². The average Bonchev–Trinajstić information content (AvgIpc) is 2.73. The first-order valence-corrected chi connectivity index (χ1v) is 10.4. The van der Waals surface area contributed by atoms with Crippen molar-refractivity contribution in [2.24, 2.45) is 0 Å². The van der Waals surface area contributed by atoms with Crippen molar-refractivity contribution in [3.63, 3.8) is 0 Å². The molecule has 2 heterocycles. The molecule has 0 spiro atoms. The van der Waals surface area contributed by atoms with Crippen LogP contribution in [0.5, 0.6) is 17.4 Å². The Labute approximate surface area is 191 Å². The van der Waals surface area contributed by atoms with Crippen molar-refractivity contribution in [3.8, 4) is 17.4 Å². The predicted octanol–water partition coefficient (Wildman–Crippen LogP) is 2.30. The SMILES string of the molecule is C=CC(=O)Nc1cc(Nc2ncc(Cl)c(OC3CNC3)n2)c(OC)cc1OCCN(C)C. The van der Waals surface area contributed by atoms with E-state index in [1.807, 2.05) is 19.0 Å². The van der Waals surface area contributed by atoms with Crippen LogP contribution in [0.25, 0.3) is 0 Å². The zero-order chi connectivity index (χ0) is 23.1. The number of halogens is 1. The monoisotopic (exact) mass is 462 g/mol. The molecule has 0 unspecified atom stereocenters. The Morgan fingerprint density at radius 2 is 2.12 bits per heavy atom. The molecule has 1 saturated heterocycles. The van der Waals surface area contributed by atoms with Crippen LogP contribution in [0.2, 0.25) is 5.02 Å². The summed E-state index contributed by atoms with van der Waals surface area (Å²) in [5.41, 5.74) is 0.966. The van der Waals surface area contributed by atoms with Crippen LogP contribution >= 0.6 is 11.6 Å². The number of aromatic nitrogens is 2. The number of benzene rings is 1. The molecule has 0 aliphatic carbocycles. The summed E-state index contributed by atoms with van der Waals surface area (Å²) in [5.74, 6) is 1.12. The Kier molecular flexibility index (Phi) is 8.09. The van der Waals surface area contributed by atoms with E-state index in [2.05, 4.69) is 32.5 Å². The van der Waals surface area contributed by atoms with E-state index in [-0.39, 0.29) is 18.0 Å². The van der Waals surface area contributed by atoms with Crippen LogP contribution in [0.15, 0.2) is 31.0 Å². The number of carbonyl (C=O) groups is 1. The molecule has 0 bridgehead atoms. The molecule has 1 aliphatic rings. The number of rotatable bonds is 11. The summed E-state index contributed by atoms with van der Waals surface area (Å²) >= 11 is 6.17. The molecule has 0 radical (unpaired) electrons. The highest BCUT2D eigenvalue weighted by molar-refractivity contribution is 6.31. The van der Waals surface area contributed by atoms with E-state index in [1.165, 1.54) is 19.4 Å². The summed E-state index contributed by atoms with van der Waals surface area (Å²) in [6.45, 7) is 6.10. The van der Waals surface area contributed by atoms with Gasteiger partial charge in [-0.05, 0) is 26.2 Å². The fourth-order valence-electron chi connectivity index (χ4n) is 2.68. The van der Waals surface area contributed by atoms with Gasteiger partial charge < -0.3 is 35.1 Å². The molecule has 1 aliphatic heterocycles. The first-order chi connectivity index (χ1) is 15.4. The Hall–Kier alpha value is -3.08. The summed E-state index contributed by atoms with van der Waals surface area (Å²) in [6.07, 6.45) is 2.66. The topological polar surface area (TPSA) is 110 Å². The molecule has 3 rings (SSSR count). The number of carbonyl (C=O) groups excluding carboxylic acids is 1. The van der Waals surface area contributed by atoms with E-state index in [4.69, 9.17) is 25.8 Å². The molecule has 1 amide bonds. The fourth-order valence-corrected chi connectivity index (χ4v) is 2.82. The van der Waals surface area contributed by atoms with Gasteiger partial charge >= 0.3 is 0 Å². The molecule has 172 valence electrons. The number of nitrogens with zero attached hydrogens (tertiary/aromatic N) is 3. The summed E-state index contributed by atoms with van der Waals surface area (Å²) in [7, 11) is 5.43. The zero-order valence-electron chi connectivity index (χ0n) is 18.3.